The van der Waals surface area contributed by atoms with Crippen LogP contribution in [0.5, 0.6) is 0 Å². The van der Waals surface area contributed by atoms with Gasteiger partial charge in [-0.3, -0.25) is 9.59 Å². The zero-order chi connectivity index (χ0) is 30.9. The van der Waals surface area contributed by atoms with Gasteiger partial charge in [0.2, 0.25) is 11.8 Å². The third-order valence-electron chi connectivity index (χ3n) is 6.85. The maximum absolute atomic E-state index is 13.1. The number of piperazine rings is 1. The van der Waals surface area contributed by atoms with Gasteiger partial charge in [0.15, 0.2) is 0 Å². The zero-order valence-corrected chi connectivity index (χ0v) is 28.4. The Labute approximate surface area is 265 Å². The van der Waals surface area contributed by atoms with E-state index in [1.165, 1.54) is 38.2 Å². The molecule has 0 bridgehead atoms. The second-order valence-corrected chi connectivity index (χ2v) is 12.0. The number of rotatable bonds is 11. The summed E-state index contributed by atoms with van der Waals surface area (Å²) in [6, 6.07) is 5.48. The molecule has 1 atom stereocenters. The van der Waals surface area contributed by atoms with Crippen molar-refractivity contribution in [1.29, 1.82) is 5.41 Å². The molecule has 2 saturated heterocycles. The number of carbonyl (C=O) groups is 2. The van der Waals surface area contributed by atoms with E-state index in [0.29, 0.717) is 61.1 Å². The van der Waals surface area contributed by atoms with Crippen LogP contribution in [0.2, 0.25) is 0 Å². The summed E-state index contributed by atoms with van der Waals surface area (Å²) in [7, 11) is 3.75. The lowest BCUT2D eigenvalue weighted by atomic mass is 10.1. The Bertz CT molecular complexity index is 1160. The minimum absolute atomic E-state index is 0.0958. The van der Waals surface area contributed by atoms with Gasteiger partial charge in [-0.25, -0.2) is 0 Å². The first-order valence-corrected chi connectivity index (χ1v) is 18.3. The van der Waals surface area contributed by atoms with E-state index >= 15 is 0 Å². The van der Waals surface area contributed by atoms with Gasteiger partial charge in [-0.2, -0.15) is 4.99 Å². The van der Waals surface area contributed by atoms with Crippen molar-refractivity contribution in [3.05, 3.63) is 60.0 Å². The molecular formula is C30H45IN7O3P. The molecule has 2 amide bonds. The van der Waals surface area contributed by atoms with Crippen molar-refractivity contribution in [3.8, 4) is 0 Å². The predicted octanol–water partition coefficient (Wildman–Crippen LogP) is 5.65. The number of aliphatic imine (C=N–C) groups is 1. The number of allylic oxidation sites excluding steroid dienone is 1. The number of carbonyl (C=O) groups excluding carboxylic acids is 2. The summed E-state index contributed by atoms with van der Waals surface area (Å²) in [6.45, 7) is 12.2. The van der Waals surface area contributed by atoms with Crippen LogP contribution in [0.3, 0.4) is 0 Å². The van der Waals surface area contributed by atoms with Gasteiger partial charge in [-0.1, -0.05) is 26.0 Å². The van der Waals surface area contributed by atoms with Crippen LogP contribution in [0.15, 0.2) is 59.5 Å². The second-order valence-electron chi connectivity index (χ2n) is 9.94. The number of hydrogen-bond acceptors (Lipinski definition) is 7. The van der Waals surface area contributed by atoms with Gasteiger partial charge in [0, 0.05) is 55.6 Å². The highest BCUT2D eigenvalue weighted by atomic mass is 127. The van der Waals surface area contributed by atoms with Crippen molar-refractivity contribution in [2.24, 2.45) is 4.99 Å². The molecule has 3 N–H and O–H groups in total. The fraction of sp³-hybridized carbons (Fsp3) is 0.467. The van der Waals surface area contributed by atoms with Gasteiger partial charge < -0.3 is 35.2 Å². The number of methoxy groups -OCH3 is 1. The molecule has 3 rings (SSSR count). The van der Waals surface area contributed by atoms with Crippen LogP contribution >= 0.6 is 28.4 Å². The minimum Gasteiger partial charge on any atom is -0.481 e. The Hall–Kier alpha value is -2.76. The number of ether oxygens (including phenoxy) is 1. The van der Waals surface area contributed by atoms with E-state index in [0.717, 1.165) is 18.5 Å². The summed E-state index contributed by atoms with van der Waals surface area (Å²) < 4.78 is 5.46. The number of nitrogens with zero attached hydrogens (tertiary/aromatic N) is 4. The quantitative estimate of drug-likeness (QED) is 0.0684. The molecule has 0 aliphatic carbocycles. The van der Waals surface area contributed by atoms with Crippen molar-refractivity contribution in [1.82, 2.24) is 14.7 Å². The Morgan fingerprint density at radius 3 is 2.31 bits per heavy atom. The molecule has 10 nitrogen and oxygen atoms in total. The van der Waals surface area contributed by atoms with Crippen molar-refractivity contribution in [3.63, 3.8) is 0 Å². The molecule has 1 aromatic rings. The van der Waals surface area contributed by atoms with Crippen molar-refractivity contribution in [2.45, 2.75) is 39.5 Å². The van der Waals surface area contributed by atoms with Gasteiger partial charge in [0.05, 0.1) is 12.8 Å². The molecule has 42 heavy (non-hydrogen) atoms. The van der Waals surface area contributed by atoms with Crippen LogP contribution in [-0.2, 0) is 14.3 Å². The number of anilines is 2. The first-order chi connectivity index (χ1) is 20.3. The SMILES string of the molecule is C=CC(=O)N1CCN(C(/C=C(\C)C(=O)Nc2cccc(NPI)c2C=N)=N/C(=C/CCC)OC)CC1.CN1CCCC1. The molecular weight excluding hydrogens is 664 g/mol. The van der Waals surface area contributed by atoms with Crippen LogP contribution in [0.4, 0.5) is 11.4 Å². The highest BCUT2D eigenvalue weighted by Gasteiger charge is 2.22. The highest BCUT2D eigenvalue weighted by Crippen LogP contribution is 2.30. The van der Waals surface area contributed by atoms with Crippen LogP contribution in [-0.4, -0.2) is 92.0 Å². The number of amides is 2. The zero-order valence-electron chi connectivity index (χ0n) is 25.2. The molecule has 1 aromatic carbocycles. The molecule has 230 valence electrons. The molecule has 2 aliphatic rings. The number of unbranched alkanes of at least 4 members (excludes halogenated alkanes) is 1. The lowest BCUT2D eigenvalue weighted by molar-refractivity contribution is -0.127. The van der Waals surface area contributed by atoms with Gasteiger partial charge >= 0.3 is 0 Å². The third-order valence-corrected chi connectivity index (χ3v) is 8.02. The van der Waals surface area contributed by atoms with E-state index in [9.17, 15) is 9.59 Å². The van der Waals surface area contributed by atoms with E-state index < -0.39 is 0 Å². The van der Waals surface area contributed by atoms with Crippen molar-refractivity contribution in [2.75, 3.05) is 63.8 Å². The monoisotopic (exact) mass is 709 g/mol. The summed E-state index contributed by atoms with van der Waals surface area (Å²) in [4.78, 5) is 35.9. The van der Waals surface area contributed by atoms with Crippen LogP contribution in [0.1, 0.15) is 45.1 Å². The molecule has 12 heteroatoms. The first-order valence-electron chi connectivity index (χ1n) is 14.2. The standard InChI is InChI=1S/C25H34IN6O3P.C5H11N/c1-5-7-11-23(35-4)29-22(31-12-14-32(15-13-31)24(33)6-2)16-18(3)25(34)28-20-9-8-10-21(30-36-26)19(20)17-27;1-6-4-2-3-5-6/h6,8-11,16-17,27,30,36H,2,5,7,12-15H2,1,3-4H3,(H,28,34);2-5H2,1H3/b18-16+,23-11-,27-17?,29-22+;. The average molecular weight is 710 g/mol. The summed E-state index contributed by atoms with van der Waals surface area (Å²) in [5, 5.41) is 13.9. The Balaban J connectivity index is 0.000000908. The molecule has 0 radical (unpaired) electrons. The number of benzene rings is 1. The van der Waals surface area contributed by atoms with Crippen molar-refractivity contribution < 1.29 is 14.3 Å². The van der Waals surface area contributed by atoms with E-state index in [1.54, 1.807) is 31.1 Å². The normalized spacial score (nSPS) is 16.6. The molecule has 1 unspecified atom stereocenters. The summed E-state index contributed by atoms with van der Waals surface area (Å²) in [6.07, 6.45) is 11.2. The van der Waals surface area contributed by atoms with Crippen molar-refractivity contribution >= 4 is 63.7 Å². The maximum Gasteiger partial charge on any atom is 0.251 e. The minimum atomic E-state index is -0.295. The molecule has 0 spiro atoms. The average Bonchev–Trinajstić information content (AvgIpc) is 3.49. The summed E-state index contributed by atoms with van der Waals surface area (Å²) in [5.74, 6) is 0.676. The Morgan fingerprint density at radius 1 is 1.14 bits per heavy atom. The molecule has 2 aliphatic heterocycles. The first kappa shape index (κ1) is 35.4. The number of amidine groups is 1. The van der Waals surface area contributed by atoms with Crippen LogP contribution in [0.25, 0.3) is 0 Å². The molecule has 2 heterocycles. The number of likely N-dealkylation sites (tertiary alicyclic amines) is 1. The van der Waals surface area contributed by atoms with E-state index in [4.69, 9.17) is 15.1 Å². The molecule has 0 saturated carbocycles. The van der Waals surface area contributed by atoms with E-state index in [1.807, 2.05) is 23.1 Å². The summed E-state index contributed by atoms with van der Waals surface area (Å²) >= 11 is 2.22. The van der Waals surface area contributed by atoms with Gasteiger partial charge in [0.1, 0.15) is 5.84 Å². The number of halogens is 1. The van der Waals surface area contributed by atoms with E-state index in [-0.39, 0.29) is 11.8 Å². The summed E-state index contributed by atoms with van der Waals surface area (Å²) in [5.41, 5.74) is 2.41. The van der Waals surface area contributed by atoms with Gasteiger partial charge in [-0.05, 0) is 98.7 Å². The smallest absolute Gasteiger partial charge is 0.251 e. The van der Waals surface area contributed by atoms with Gasteiger partial charge in [0.25, 0.3) is 5.91 Å². The second kappa shape index (κ2) is 19.4. The maximum atomic E-state index is 13.1. The fourth-order valence-corrected chi connectivity index (χ4v) is 5.57. The largest absolute Gasteiger partial charge is 0.481 e. The van der Waals surface area contributed by atoms with Crippen LogP contribution in [0, 0.1) is 5.41 Å². The Morgan fingerprint density at radius 2 is 1.79 bits per heavy atom. The van der Waals surface area contributed by atoms with Crippen LogP contribution < -0.4 is 10.4 Å². The molecule has 2 fully saturated rings. The predicted molar refractivity (Wildman–Crippen MR) is 185 cm³/mol. The number of nitrogens with one attached hydrogen (secondary N) is 3. The molecule has 0 aromatic heterocycles. The number of hydrogen-bond donors (Lipinski definition) is 3. The highest BCUT2D eigenvalue weighted by molar-refractivity contribution is 14.2. The lowest BCUT2D eigenvalue weighted by Gasteiger charge is -2.35. The fourth-order valence-electron chi connectivity index (χ4n) is 4.38. The van der Waals surface area contributed by atoms with E-state index in [2.05, 4.69) is 57.9 Å². The topological polar surface area (TPSA) is 113 Å². The Kier molecular flexibility index (Phi) is 16.4. The third kappa shape index (κ3) is 11.5. The lowest BCUT2D eigenvalue weighted by Crippen LogP contribution is -2.50. The van der Waals surface area contributed by atoms with Gasteiger partial charge in [-0.15, -0.1) is 0 Å².